The first kappa shape index (κ1) is 19.0. The van der Waals surface area contributed by atoms with Crippen molar-refractivity contribution in [1.29, 1.82) is 0 Å². The molecule has 0 aliphatic heterocycles. The van der Waals surface area contributed by atoms with Gasteiger partial charge in [0.25, 0.3) is 5.91 Å². The fourth-order valence-corrected chi connectivity index (χ4v) is 3.58. The Morgan fingerprint density at radius 2 is 1.72 bits per heavy atom. The van der Waals surface area contributed by atoms with Crippen LogP contribution in [-0.4, -0.2) is 13.0 Å². The average Bonchev–Trinajstić information content (AvgIpc) is 2.74. The minimum Gasteiger partial charge on any atom is -0.493 e. The Morgan fingerprint density at radius 1 is 1.00 bits per heavy atom. The Balaban J connectivity index is 1.74. The summed E-state index contributed by atoms with van der Waals surface area (Å²) in [5, 5.41) is 3.41. The molecular weight excluding hydrogens is 434 g/mol. The Bertz CT molecular complexity index is 1270. The van der Waals surface area contributed by atoms with Gasteiger partial charge in [-0.25, -0.2) is 4.79 Å². The van der Waals surface area contributed by atoms with E-state index in [4.69, 9.17) is 9.15 Å². The quantitative estimate of drug-likeness (QED) is 0.418. The molecule has 0 spiro atoms. The summed E-state index contributed by atoms with van der Waals surface area (Å²) in [5.41, 5.74) is 1.91. The zero-order valence-electron chi connectivity index (χ0n) is 15.4. The fourth-order valence-electron chi connectivity index (χ4n) is 3.13. The normalized spacial score (nSPS) is 10.7. The van der Waals surface area contributed by atoms with E-state index in [1.54, 1.807) is 18.2 Å². The molecule has 29 heavy (non-hydrogen) atoms. The third-order valence-electron chi connectivity index (χ3n) is 4.49. The van der Waals surface area contributed by atoms with Crippen LogP contribution < -0.4 is 15.7 Å². The van der Waals surface area contributed by atoms with Gasteiger partial charge in [-0.05, 0) is 29.8 Å². The van der Waals surface area contributed by atoms with Crippen LogP contribution in [0.2, 0.25) is 0 Å². The number of anilines is 1. The van der Waals surface area contributed by atoms with Crippen molar-refractivity contribution < 1.29 is 13.9 Å². The maximum absolute atomic E-state index is 12.9. The van der Waals surface area contributed by atoms with Gasteiger partial charge in [0.05, 0.1) is 7.11 Å². The van der Waals surface area contributed by atoms with Crippen molar-refractivity contribution in [2.45, 2.75) is 0 Å². The summed E-state index contributed by atoms with van der Waals surface area (Å²) in [6, 6.07) is 22.1. The lowest BCUT2D eigenvalue weighted by atomic mass is 10.0. The van der Waals surface area contributed by atoms with Gasteiger partial charge in [-0.15, -0.1) is 0 Å². The molecule has 1 amide bonds. The average molecular weight is 450 g/mol. The molecule has 6 heteroatoms. The molecule has 0 unspecified atom stereocenters. The summed E-state index contributed by atoms with van der Waals surface area (Å²) in [4.78, 5) is 25.4. The van der Waals surface area contributed by atoms with Gasteiger partial charge in [-0.3, -0.25) is 4.79 Å². The van der Waals surface area contributed by atoms with Crippen molar-refractivity contribution in [3.63, 3.8) is 0 Å². The highest BCUT2D eigenvalue weighted by Crippen LogP contribution is 2.30. The van der Waals surface area contributed by atoms with Crippen molar-refractivity contribution in [3.8, 4) is 16.9 Å². The van der Waals surface area contributed by atoms with Crippen LogP contribution in [0.25, 0.3) is 22.1 Å². The van der Waals surface area contributed by atoms with E-state index in [0.717, 1.165) is 15.6 Å². The Kier molecular flexibility index (Phi) is 5.18. The van der Waals surface area contributed by atoms with Crippen LogP contribution in [-0.2, 0) is 0 Å². The van der Waals surface area contributed by atoms with Crippen LogP contribution in [0.1, 0.15) is 10.4 Å². The number of carbonyl (C=O) groups is 1. The van der Waals surface area contributed by atoms with Gasteiger partial charge < -0.3 is 14.5 Å². The summed E-state index contributed by atoms with van der Waals surface area (Å²) in [6.07, 6.45) is 0. The minimum atomic E-state index is -0.729. The van der Waals surface area contributed by atoms with E-state index in [1.807, 2.05) is 48.5 Å². The molecule has 0 aliphatic rings. The maximum atomic E-state index is 12.9. The molecule has 0 fully saturated rings. The van der Waals surface area contributed by atoms with Gasteiger partial charge >= 0.3 is 5.63 Å². The van der Waals surface area contributed by atoms with E-state index in [-0.39, 0.29) is 5.56 Å². The van der Waals surface area contributed by atoms with Gasteiger partial charge in [0.15, 0.2) is 11.3 Å². The van der Waals surface area contributed by atoms with E-state index in [9.17, 15) is 9.59 Å². The second-order valence-electron chi connectivity index (χ2n) is 6.34. The van der Waals surface area contributed by atoms with Crippen molar-refractivity contribution in [3.05, 3.63) is 93.3 Å². The molecule has 4 aromatic rings. The molecule has 0 atom stereocenters. The van der Waals surface area contributed by atoms with Crippen molar-refractivity contribution >= 4 is 38.5 Å². The number of amides is 1. The second-order valence-corrected chi connectivity index (χ2v) is 7.26. The van der Waals surface area contributed by atoms with Gasteiger partial charge in [0, 0.05) is 21.1 Å². The molecular formula is C23H16BrNO4. The molecule has 1 N–H and O–H groups in total. The highest BCUT2D eigenvalue weighted by Gasteiger charge is 2.17. The number of carbonyl (C=O) groups excluding carboxylic acids is 1. The first-order chi connectivity index (χ1) is 14.1. The minimum absolute atomic E-state index is 0.0829. The fraction of sp³-hybridized carbons (Fsp3) is 0.0435. The summed E-state index contributed by atoms with van der Waals surface area (Å²) in [7, 11) is 1.49. The lowest BCUT2D eigenvalue weighted by molar-refractivity contribution is 0.102. The monoisotopic (exact) mass is 449 g/mol. The second kappa shape index (κ2) is 7.93. The predicted molar refractivity (Wildman–Crippen MR) is 117 cm³/mol. The summed E-state index contributed by atoms with van der Waals surface area (Å²) in [5.74, 6) is -0.129. The van der Waals surface area contributed by atoms with E-state index in [0.29, 0.717) is 22.4 Å². The van der Waals surface area contributed by atoms with E-state index in [1.165, 1.54) is 13.2 Å². The van der Waals surface area contributed by atoms with Gasteiger partial charge in [-0.2, -0.15) is 0 Å². The Hall–Kier alpha value is -3.38. The standard InChI is InChI=1S/C23H16BrNO4/c1-28-20-13-16(24)11-15-12-18(23(27)29-21(15)20)22(26)25-19-10-6-5-9-17(19)14-7-3-2-4-8-14/h2-13H,1H3,(H,25,26). The van der Waals surface area contributed by atoms with Crippen LogP contribution >= 0.6 is 15.9 Å². The predicted octanol–water partition coefficient (Wildman–Crippen LogP) is 5.48. The molecule has 3 aromatic carbocycles. The highest BCUT2D eigenvalue weighted by atomic mass is 79.9. The summed E-state index contributed by atoms with van der Waals surface area (Å²) >= 11 is 3.39. The van der Waals surface area contributed by atoms with E-state index < -0.39 is 11.5 Å². The van der Waals surface area contributed by atoms with Crippen LogP contribution in [0.5, 0.6) is 5.75 Å². The zero-order chi connectivity index (χ0) is 20.4. The van der Waals surface area contributed by atoms with Crippen LogP contribution in [0, 0.1) is 0 Å². The van der Waals surface area contributed by atoms with Crippen LogP contribution in [0.15, 0.2) is 86.5 Å². The highest BCUT2D eigenvalue weighted by molar-refractivity contribution is 9.10. The number of benzene rings is 3. The number of ether oxygens (including phenoxy) is 1. The molecule has 4 rings (SSSR count). The molecule has 0 bridgehead atoms. The number of methoxy groups -OCH3 is 1. The van der Waals surface area contributed by atoms with Crippen molar-refractivity contribution in [1.82, 2.24) is 0 Å². The number of para-hydroxylation sites is 1. The summed E-state index contributed by atoms with van der Waals surface area (Å²) < 4.78 is 11.4. The number of fused-ring (bicyclic) bond motifs is 1. The molecule has 0 saturated heterocycles. The lowest BCUT2D eigenvalue weighted by Crippen LogP contribution is -2.21. The topological polar surface area (TPSA) is 68.5 Å². The first-order valence-corrected chi connectivity index (χ1v) is 9.63. The number of rotatable bonds is 4. The molecule has 0 radical (unpaired) electrons. The Labute approximate surface area is 175 Å². The third-order valence-corrected chi connectivity index (χ3v) is 4.95. The van der Waals surface area contributed by atoms with Crippen molar-refractivity contribution in [2.75, 3.05) is 12.4 Å². The SMILES string of the molecule is COc1cc(Br)cc2cc(C(=O)Nc3ccccc3-c3ccccc3)c(=O)oc12. The van der Waals surface area contributed by atoms with Crippen molar-refractivity contribution in [2.24, 2.45) is 0 Å². The number of hydrogen-bond acceptors (Lipinski definition) is 4. The largest absolute Gasteiger partial charge is 0.493 e. The molecule has 0 saturated carbocycles. The number of hydrogen-bond donors (Lipinski definition) is 1. The van der Waals surface area contributed by atoms with Gasteiger partial charge in [0.2, 0.25) is 0 Å². The van der Waals surface area contributed by atoms with Gasteiger partial charge in [0.1, 0.15) is 5.56 Å². The summed E-state index contributed by atoms with van der Waals surface area (Å²) in [6.45, 7) is 0. The molecule has 0 aliphatic carbocycles. The molecule has 1 heterocycles. The zero-order valence-corrected chi connectivity index (χ0v) is 17.0. The lowest BCUT2D eigenvalue weighted by Gasteiger charge is -2.11. The van der Waals surface area contributed by atoms with E-state index >= 15 is 0 Å². The van der Waals surface area contributed by atoms with Gasteiger partial charge in [-0.1, -0.05) is 64.5 Å². The van der Waals surface area contributed by atoms with E-state index in [2.05, 4.69) is 21.2 Å². The Morgan fingerprint density at radius 3 is 2.48 bits per heavy atom. The third kappa shape index (κ3) is 3.79. The van der Waals surface area contributed by atoms with Crippen LogP contribution in [0.3, 0.4) is 0 Å². The smallest absolute Gasteiger partial charge is 0.349 e. The van der Waals surface area contributed by atoms with Crippen LogP contribution in [0.4, 0.5) is 5.69 Å². The molecule has 5 nitrogen and oxygen atoms in total. The number of nitrogens with one attached hydrogen (secondary N) is 1. The maximum Gasteiger partial charge on any atom is 0.349 e. The number of halogens is 1. The molecule has 144 valence electrons. The molecule has 1 aromatic heterocycles. The first-order valence-electron chi connectivity index (χ1n) is 8.84.